The van der Waals surface area contributed by atoms with Crippen LogP contribution >= 0.6 is 0 Å². The number of aliphatic hydroxyl groups excluding tert-OH is 5. The quantitative estimate of drug-likeness (QED) is 0.234. The molecule has 13 heteroatoms. The number of aliphatic carboxylic acids is 2. The van der Waals surface area contributed by atoms with Gasteiger partial charge in [0.1, 0.15) is 36.6 Å². The molecule has 3 fully saturated rings. The molecule has 154 valence electrons. The van der Waals surface area contributed by atoms with E-state index >= 15 is 0 Å². The molecule has 3 rings (SSSR count). The molecule has 0 aromatic heterocycles. The predicted molar refractivity (Wildman–Crippen MR) is 77.0 cm³/mol. The fourth-order valence-corrected chi connectivity index (χ4v) is 3.41. The number of carboxylic acid groups (broad SMARTS) is 2. The number of carbonyl (C=O) groups is 2. The van der Waals surface area contributed by atoms with Crippen LogP contribution in [0.4, 0.5) is 0 Å². The lowest BCUT2D eigenvalue weighted by molar-refractivity contribution is -0.325. The summed E-state index contributed by atoms with van der Waals surface area (Å²) in [6.45, 7) is -0.697. The molecule has 0 saturated carbocycles. The Kier molecular flexibility index (Phi) is 5.42. The van der Waals surface area contributed by atoms with Gasteiger partial charge in [0.15, 0.2) is 12.4 Å². The van der Waals surface area contributed by atoms with Gasteiger partial charge in [0.2, 0.25) is 0 Å². The zero-order chi connectivity index (χ0) is 20.1. The van der Waals surface area contributed by atoms with Gasteiger partial charge in [-0.05, 0) is 0 Å². The molecule has 27 heavy (non-hydrogen) atoms. The minimum absolute atomic E-state index is 0.469. The average Bonchev–Trinajstić information content (AvgIpc) is 2.94. The fraction of sp³-hybridized carbons (Fsp3) is 0.857. The third-order valence-corrected chi connectivity index (χ3v) is 4.85. The van der Waals surface area contributed by atoms with Gasteiger partial charge in [0.05, 0.1) is 12.7 Å². The second kappa shape index (κ2) is 7.20. The molecule has 0 amide bonds. The normalized spacial score (nSPS) is 49.7. The predicted octanol–water partition coefficient (Wildman–Crippen LogP) is -4.41. The highest BCUT2D eigenvalue weighted by Gasteiger charge is 2.63. The zero-order valence-electron chi connectivity index (χ0n) is 13.7. The maximum Gasteiger partial charge on any atom is 0.364 e. The standard InChI is InChI=1S/C14H20O13/c15-2-4-5(16)9-3(1-14(26-4,27-9)13(22)23)24-12-8(19)6(17)7(18)10(25-12)11(20)21/h3-10,12,15-19H,1-2H2,(H,20,21)(H,22,23)/t3-,4-,5-,6+,7+,8-,9-,10+,12+,14-/m1/s1. The first kappa shape index (κ1) is 20.3. The lowest BCUT2D eigenvalue weighted by Gasteiger charge is -2.40. The highest BCUT2D eigenvalue weighted by molar-refractivity contribution is 5.76. The number of carboxylic acids is 2. The lowest BCUT2D eigenvalue weighted by Crippen LogP contribution is -2.61. The number of hydrogen-bond donors (Lipinski definition) is 7. The van der Waals surface area contributed by atoms with Crippen LogP contribution in [-0.4, -0.2) is 115 Å². The monoisotopic (exact) mass is 396 g/mol. The molecule has 7 N–H and O–H groups in total. The Morgan fingerprint density at radius 1 is 1.00 bits per heavy atom. The van der Waals surface area contributed by atoms with Gasteiger partial charge in [-0.25, -0.2) is 9.59 Å². The maximum atomic E-state index is 11.5. The van der Waals surface area contributed by atoms with Crippen molar-refractivity contribution < 1.29 is 64.3 Å². The molecule has 3 aliphatic rings. The summed E-state index contributed by atoms with van der Waals surface area (Å²) in [5.74, 6) is -5.37. The van der Waals surface area contributed by atoms with Gasteiger partial charge in [0, 0.05) is 6.42 Å². The minimum Gasteiger partial charge on any atom is -0.479 e. The molecule has 0 aliphatic carbocycles. The van der Waals surface area contributed by atoms with Gasteiger partial charge in [0.25, 0.3) is 5.79 Å². The molecule has 3 aliphatic heterocycles. The van der Waals surface area contributed by atoms with Gasteiger partial charge in [-0.15, -0.1) is 0 Å². The van der Waals surface area contributed by atoms with Crippen molar-refractivity contribution in [1.82, 2.24) is 0 Å². The Morgan fingerprint density at radius 3 is 2.22 bits per heavy atom. The molecule has 13 nitrogen and oxygen atoms in total. The summed E-state index contributed by atoms with van der Waals surface area (Å²) in [5.41, 5.74) is 0. The summed E-state index contributed by atoms with van der Waals surface area (Å²) in [7, 11) is 0. The number of ether oxygens (including phenoxy) is 4. The summed E-state index contributed by atoms with van der Waals surface area (Å²) < 4.78 is 20.7. The van der Waals surface area contributed by atoms with Crippen molar-refractivity contribution in [3.63, 3.8) is 0 Å². The van der Waals surface area contributed by atoms with Crippen molar-refractivity contribution >= 4 is 11.9 Å². The van der Waals surface area contributed by atoms with E-state index in [9.17, 15) is 40.2 Å². The Balaban J connectivity index is 1.80. The Hall–Kier alpha value is -1.42. The molecule has 2 bridgehead atoms. The maximum absolute atomic E-state index is 11.5. The molecule has 0 radical (unpaired) electrons. The van der Waals surface area contributed by atoms with E-state index < -0.39 is 85.9 Å². The van der Waals surface area contributed by atoms with E-state index in [0.29, 0.717) is 0 Å². The fourth-order valence-electron chi connectivity index (χ4n) is 3.41. The van der Waals surface area contributed by atoms with Gasteiger partial charge >= 0.3 is 11.9 Å². The SMILES string of the molecule is O=C(O)[C@H]1O[C@H](O[C@@H]2C[C@]3(C(=O)O)O[C@H]2[C@H](O)[C@@H](CO)O3)[C@H](O)[C@@H](O)[C@@H]1O. The third-order valence-electron chi connectivity index (χ3n) is 4.85. The lowest BCUT2D eigenvalue weighted by atomic mass is 9.98. The first-order chi connectivity index (χ1) is 12.6. The molecule has 0 spiro atoms. The highest BCUT2D eigenvalue weighted by Crippen LogP contribution is 2.43. The first-order valence-corrected chi connectivity index (χ1v) is 8.07. The molecule has 10 atom stereocenters. The van der Waals surface area contributed by atoms with Crippen LogP contribution in [-0.2, 0) is 28.5 Å². The molecular formula is C14H20O13. The summed E-state index contributed by atoms with van der Waals surface area (Å²) in [6.07, 6.45) is -15.1. The van der Waals surface area contributed by atoms with Crippen molar-refractivity contribution in [2.24, 2.45) is 0 Å². The summed E-state index contributed by atoms with van der Waals surface area (Å²) in [4.78, 5) is 22.7. The van der Waals surface area contributed by atoms with Gasteiger partial charge in [-0.2, -0.15) is 0 Å². The first-order valence-electron chi connectivity index (χ1n) is 8.07. The molecule has 0 unspecified atom stereocenters. The van der Waals surface area contributed by atoms with Crippen molar-refractivity contribution in [3.8, 4) is 0 Å². The van der Waals surface area contributed by atoms with Crippen molar-refractivity contribution in [2.45, 2.75) is 67.3 Å². The number of aliphatic hydroxyl groups is 5. The summed E-state index contributed by atoms with van der Waals surface area (Å²) in [5, 5.41) is 67.4. The van der Waals surface area contributed by atoms with Crippen molar-refractivity contribution in [2.75, 3.05) is 6.61 Å². The van der Waals surface area contributed by atoms with E-state index in [1.165, 1.54) is 0 Å². The van der Waals surface area contributed by atoms with Gasteiger partial charge in [-0.1, -0.05) is 0 Å². The molecular weight excluding hydrogens is 376 g/mol. The molecule has 0 aromatic carbocycles. The number of hydrogen-bond acceptors (Lipinski definition) is 11. The van der Waals surface area contributed by atoms with Gasteiger partial charge < -0.3 is 54.7 Å². The van der Waals surface area contributed by atoms with E-state index in [4.69, 9.17) is 24.1 Å². The van der Waals surface area contributed by atoms with Crippen LogP contribution in [0.25, 0.3) is 0 Å². The third kappa shape index (κ3) is 3.30. The Morgan fingerprint density at radius 2 is 1.67 bits per heavy atom. The molecule has 3 heterocycles. The number of fused-ring (bicyclic) bond motifs is 2. The van der Waals surface area contributed by atoms with E-state index in [-0.39, 0.29) is 0 Å². The van der Waals surface area contributed by atoms with Gasteiger partial charge in [-0.3, -0.25) is 0 Å². The van der Waals surface area contributed by atoms with Crippen LogP contribution < -0.4 is 0 Å². The zero-order valence-corrected chi connectivity index (χ0v) is 13.7. The number of rotatable bonds is 5. The van der Waals surface area contributed by atoms with Crippen LogP contribution in [0.2, 0.25) is 0 Å². The van der Waals surface area contributed by atoms with E-state index in [1.54, 1.807) is 0 Å². The molecule has 0 aromatic rings. The van der Waals surface area contributed by atoms with Crippen molar-refractivity contribution in [3.05, 3.63) is 0 Å². The highest BCUT2D eigenvalue weighted by atomic mass is 16.8. The van der Waals surface area contributed by atoms with Crippen LogP contribution in [0.3, 0.4) is 0 Å². The largest absolute Gasteiger partial charge is 0.479 e. The van der Waals surface area contributed by atoms with Crippen LogP contribution in [0.15, 0.2) is 0 Å². The Labute approximate surface area is 151 Å². The van der Waals surface area contributed by atoms with E-state index in [2.05, 4.69) is 0 Å². The summed E-state index contributed by atoms with van der Waals surface area (Å²) in [6, 6.07) is 0. The summed E-state index contributed by atoms with van der Waals surface area (Å²) >= 11 is 0. The second-order valence-corrected chi connectivity index (χ2v) is 6.58. The Bertz CT molecular complexity index is 598. The minimum atomic E-state index is -2.22. The second-order valence-electron chi connectivity index (χ2n) is 6.58. The van der Waals surface area contributed by atoms with Crippen LogP contribution in [0.5, 0.6) is 0 Å². The van der Waals surface area contributed by atoms with E-state index in [1.807, 2.05) is 0 Å². The average molecular weight is 396 g/mol. The van der Waals surface area contributed by atoms with E-state index in [0.717, 1.165) is 0 Å². The van der Waals surface area contributed by atoms with Crippen molar-refractivity contribution in [1.29, 1.82) is 0 Å². The van der Waals surface area contributed by atoms with Crippen LogP contribution in [0, 0.1) is 0 Å². The topological polar surface area (TPSA) is 213 Å². The van der Waals surface area contributed by atoms with Crippen LogP contribution in [0.1, 0.15) is 6.42 Å². The smallest absolute Gasteiger partial charge is 0.364 e. The molecule has 3 saturated heterocycles.